The lowest BCUT2D eigenvalue weighted by Crippen LogP contribution is -2.48. The van der Waals surface area contributed by atoms with Crippen molar-refractivity contribution >= 4 is 39.8 Å². The van der Waals surface area contributed by atoms with Crippen LogP contribution in [0, 0.1) is 11.8 Å². The first-order valence-electron chi connectivity index (χ1n) is 11.9. The normalized spacial score (nSPS) is 24.6. The number of aryl methyl sites for hydroxylation is 1. The Hall–Kier alpha value is -1.85. The van der Waals surface area contributed by atoms with Crippen LogP contribution in [0.4, 0.5) is 0 Å². The van der Waals surface area contributed by atoms with Gasteiger partial charge in [0.25, 0.3) is 0 Å². The molecule has 1 aromatic heterocycles. The molecule has 1 saturated carbocycles. The van der Waals surface area contributed by atoms with E-state index in [-0.39, 0.29) is 5.92 Å². The quantitative estimate of drug-likeness (QED) is 0.391. The van der Waals surface area contributed by atoms with Crippen LogP contribution >= 0.6 is 23.2 Å². The molecule has 0 unspecified atom stereocenters. The number of imidazole rings is 1. The third-order valence-corrected chi connectivity index (χ3v) is 8.22. The summed E-state index contributed by atoms with van der Waals surface area (Å²) in [4.78, 5) is 10.3. The Kier molecular flexibility index (Phi) is 6.54. The van der Waals surface area contributed by atoms with Crippen LogP contribution in [0.5, 0.6) is 0 Å². The van der Waals surface area contributed by atoms with E-state index in [0.717, 1.165) is 62.1 Å². The number of nitrogens with zero attached hydrogens (tertiary/aromatic N) is 2. The zero-order chi connectivity index (χ0) is 23.0. The van der Waals surface area contributed by atoms with Gasteiger partial charge in [-0.2, -0.15) is 0 Å². The van der Waals surface area contributed by atoms with Crippen LogP contribution < -0.4 is 0 Å². The number of benzene rings is 2. The van der Waals surface area contributed by atoms with E-state index in [0.29, 0.717) is 16.0 Å². The fraction of sp³-hybridized carbons (Fsp3) is 0.444. The highest BCUT2D eigenvalue weighted by Gasteiger charge is 2.46. The SMILES string of the molecule is CN(CCCc1nc2cc(Cl)c(Cl)cc2[nH]1)CC[C@@]1(O)C[C@@H]2CC[C@H]1C=C2c1ccccc1. The van der Waals surface area contributed by atoms with Gasteiger partial charge in [0, 0.05) is 18.9 Å². The minimum Gasteiger partial charge on any atom is -0.389 e. The Morgan fingerprint density at radius 2 is 1.91 bits per heavy atom. The summed E-state index contributed by atoms with van der Waals surface area (Å²) in [5, 5.41) is 12.6. The lowest BCUT2D eigenvalue weighted by Gasteiger charge is -2.48. The Morgan fingerprint density at radius 3 is 2.67 bits per heavy atom. The summed E-state index contributed by atoms with van der Waals surface area (Å²) in [5.74, 6) is 1.70. The van der Waals surface area contributed by atoms with Gasteiger partial charge in [0.2, 0.25) is 0 Å². The van der Waals surface area contributed by atoms with Gasteiger partial charge in [-0.15, -0.1) is 0 Å². The van der Waals surface area contributed by atoms with E-state index in [1.165, 1.54) is 17.6 Å². The average Bonchev–Trinajstić information content (AvgIpc) is 3.20. The summed E-state index contributed by atoms with van der Waals surface area (Å²) >= 11 is 12.2. The molecule has 6 rings (SSSR count). The Balaban J connectivity index is 1.13. The van der Waals surface area contributed by atoms with Crippen LogP contribution in [0.15, 0.2) is 48.5 Å². The molecular formula is C27H31Cl2N3O. The maximum Gasteiger partial charge on any atom is 0.107 e. The van der Waals surface area contributed by atoms with Gasteiger partial charge >= 0.3 is 0 Å². The number of aromatic amines is 1. The fourth-order valence-electron chi connectivity index (χ4n) is 5.63. The molecule has 1 fully saturated rings. The van der Waals surface area contributed by atoms with E-state index in [4.69, 9.17) is 23.2 Å². The zero-order valence-electron chi connectivity index (χ0n) is 19.0. The number of aromatic nitrogens is 2. The highest BCUT2D eigenvalue weighted by molar-refractivity contribution is 6.42. The number of rotatable bonds is 8. The van der Waals surface area contributed by atoms with Gasteiger partial charge in [-0.25, -0.2) is 4.98 Å². The lowest BCUT2D eigenvalue weighted by molar-refractivity contribution is -0.0574. The van der Waals surface area contributed by atoms with Gasteiger partial charge < -0.3 is 15.0 Å². The molecule has 33 heavy (non-hydrogen) atoms. The molecule has 3 aliphatic rings. The van der Waals surface area contributed by atoms with Gasteiger partial charge in [0.15, 0.2) is 0 Å². The molecular weight excluding hydrogens is 453 g/mol. The van der Waals surface area contributed by atoms with Crippen molar-refractivity contribution in [1.29, 1.82) is 0 Å². The van der Waals surface area contributed by atoms with E-state index in [9.17, 15) is 5.11 Å². The first-order chi connectivity index (χ1) is 15.9. The van der Waals surface area contributed by atoms with Gasteiger partial charge in [-0.1, -0.05) is 59.6 Å². The highest BCUT2D eigenvalue weighted by atomic mass is 35.5. The van der Waals surface area contributed by atoms with Crippen molar-refractivity contribution in [3.63, 3.8) is 0 Å². The molecule has 2 bridgehead atoms. The van der Waals surface area contributed by atoms with Crippen LogP contribution in [0.3, 0.4) is 0 Å². The van der Waals surface area contributed by atoms with Crippen LogP contribution in [-0.2, 0) is 6.42 Å². The van der Waals surface area contributed by atoms with E-state index in [1.807, 2.05) is 12.1 Å². The standard InChI is InChI=1S/C27H31Cl2N3O/c1-32(12-5-8-26-30-24-15-22(28)23(29)16-25(24)31-26)13-11-27(33)17-19-9-10-20(27)14-21(19)18-6-3-2-4-7-18/h2-4,6-7,14-16,19-20,33H,5,8-13,17H2,1H3,(H,30,31)/t19-,20-,27+/m0/s1. The Morgan fingerprint density at radius 1 is 1.12 bits per heavy atom. The summed E-state index contributed by atoms with van der Waals surface area (Å²) < 4.78 is 0. The summed E-state index contributed by atoms with van der Waals surface area (Å²) in [6.07, 6.45) is 8.24. The van der Waals surface area contributed by atoms with E-state index < -0.39 is 5.60 Å². The van der Waals surface area contributed by atoms with E-state index in [2.05, 4.69) is 58.3 Å². The number of halogens is 2. The molecule has 0 spiro atoms. The van der Waals surface area contributed by atoms with Crippen LogP contribution in [0.25, 0.3) is 16.6 Å². The minimum atomic E-state index is -0.577. The number of allylic oxidation sites excluding steroid dienone is 1. The number of hydrogen-bond donors (Lipinski definition) is 2. The number of fused-ring (bicyclic) bond motifs is 3. The molecule has 0 saturated heterocycles. The van der Waals surface area contributed by atoms with Crippen LogP contribution in [0.2, 0.25) is 10.0 Å². The number of H-pyrrole nitrogens is 1. The maximum absolute atomic E-state index is 11.5. The molecule has 2 aromatic carbocycles. The Labute approximate surface area is 205 Å². The highest BCUT2D eigenvalue weighted by Crippen LogP contribution is 2.51. The maximum atomic E-state index is 11.5. The fourth-order valence-corrected chi connectivity index (χ4v) is 5.95. The zero-order valence-corrected chi connectivity index (χ0v) is 20.5. The second kappa shape index (κ2) is 9.42. The second-order valence-corrected chi connectivity index (χ2v) is 10.6. The third-order valence-electron chi connectivity index (χ3n) is 7.50. The number of aliphatic hydroxyl groups is 1. The van der Waals surface area contributed by atoms with Gasteiger partial charge in [0.1, 0.15) is 5.82 Å². The topological polar surface area (TPSA) is 52.2 Å². The smallest absolute Gasteiger partial charge is 0.107 e. The minimum absolute atomic E-state index is 0.264. The average molecular weight is 484 g/mol. The van der Waals surface area contributed by atoms with Crippen molar-refractivity contribution in [2.75, 3.05) is 20.1 Å². The predicted octanol–water partition coefficient (Wildman–Crippen LogP) is 6.37. The molecule has 0 aliphatic heterocycles. The summed E-state index contributed by atoms with van der Waals surface area (Å²) in [5.41, 5.74) is 3.96. The van der Waals surface area contributed by atoms with E-state index in [1.54, 1.807) is 0 Å². The summed E-state index contributed by atoms with van der Waals surface area (Å²) in [6, 6.07) is 14.3. The first kappa shape index (κ1) is 22.9. The first-order valence-corrected chi connectivity index (χ1v) is 12.7. The van der Waals surface area contributed by atoms with Crippen LogP contribution in [0.1, 0.15) is 43.5 Å². The molecule has 1 heterocycles. The molecule has 6 heteroatoms. The van der Waals surface area contributed by atoms with Crippen molar-refractivity contribution in [3.05, 3.63) is 70.0 Å². The third kappa shape index (κ3) is 4.85. The Bertz CT molecular complexity index is 1120. The molecule has 3 atom stereocenters. The van der Waals surface area contributed by atoms with Gasteiger partial charge in [-0.3, -0.25) is 0 Å². The van der Waals surface area contributed by atoms with Crippen molar-refractivity contribution in [3.8, 4) is 0 Å². The summed E-state index contributed by atoms with van der Waals surface area (Å²) in [7, 11) is 2.15. The molecule has 2 N–H and O–H groups in total. The molecule has 0 amide bonds. The lowest BCUT2D eigenvalue weighted by atomic mass is 9.61. The molecule has 3 aromatic rings. The number of hydrogen-bond acceptors (Lipinski definition) is 3. The van der Waals surface area contributed by atoms with Gasteiger partial charge in [-0.05, 0) is 74.9 Å². The summed E-state index contributed by atoms with van der Waals surface area (Å²) in [6.45, 7) is 1.87. The molecule has 174 valence electrons. The molecule has 4 nitrogen and oxygen atoms in total. The number of nitrogens with one attached hydrogen (secondary N) is 1. The predicted molar refractivity (Wildman–Crippen MR) is 137 cm³/mol. The van der Waals surface area contributed by atoms with Crippen molar-refractivity contribution in [1.82, 2.24) is 14.9 Å². The van der Waals surface area contributed by atoms with E-state index >= 15 is 0 Å². The molecule has 3 aliphatic carbocycles. The monoisotopic (exact) mass is 483 g/mol. The second-order valence-electron chi connectivity index (χ2n) is 9.80. The largest absolute Gasteiger partial charge is 0.389 e. The van der Waals surface area contributed by atoms with Crippen LogP contribution in [-0.4, -0.2) is 45.7 Å². The van der Waals surface area contributed by atoms with Crippen molar-refractivity contribution in [2.24, 2.45) is 11.8 Å². The molecule has 0 radical (unpaired) electrons. The van der Waals surface area contributed by atoms with Crippen molar-refractivity contribution in [2.45, 2.75) is 44.1 Å². The van der Waals surface area contributed by atoms with Crippen molar-refractivity contribution < 1.29 is 5.11 Å². The van der Waals surface area contributed by atoms with Gasteiger partial charge in [0.05, 0.1) is 26.7 Å².